The van der Waals surface area contributed by atoms with Crippen molar-refractivity contribution in [2.45, 2.75) is 12.8 Å². The van der Waals surface area contributed by atoms with Gasteiger partial charge in [-0.05, 0) is 12.8 Å². The molecule has 2 aliphatic heterocycles. The first kappa shape index (κ1) is 6.70. The minimum atomic E-state index is 0.131. The molecule has 0 atom stereocenters. The Hall–Kier alpha value is -0.990. The predicted octanol–water partition coefficient (Wildman–Crippen LogP) is 0.523. The molecule has 0 N–H and O–H groups in total. The molecule has 0 aromatic heterocycles. The van der Waals surface area contributed by atoms with Crippen LogP contribution in [0.25, 0.3) is 0 Å². The Morgan fingerprint density at radius 2 is 2.09 bits per heavy atom. The average Bonchev–Trinajstić information content (AvgIpc) is 2.55. The molecule has 1 saturated heterocycles. The van der Waals surface area contributed by atoms with Gasteiger partial charge < -0.3 is 9.64 Å². The molecule has 0 saturated carbocycles. The molecule has 0 amide bonds. The maximum Gasteiger partial charge on any atom is 0.219 e. The van der Waals surface area contributed by atoms with E-state index in [4.69, 9.17) is 4.74 Å². The molecular formula is C8H11NO2. The number of rotatable bonds is 1. The first-order chi connectivity index (χ1) is 5.38. The van der Waals surface area contributed by atoms with Crippen molar-refractivity contribution < 1.29 is 9.53 Å². The number of carbonyl (C=O) groups is 1. The summed E-state index contributed by atoms with van der Waals surface area (Å²) in [7, 11) is 0. The fourth-order valence-electron chi connectivity index (χ4n) is 1.54. The van der Waals surface area contributed by atoms with E-state index in [2.05, 4.69) is 4.90 Å². The lowest BCUT2D eigenvalue weighted by Crippen LogP contribution is -2.23. The van der Waals surface area contributed by atoms with Crippen LogP contribution in [-0.2, 0) is 9.53 Å². The second-order valence-corrected chi connectivity index (χ2v) is 2.93. The molecule has 0 unspecified atom stereocenters. The van der Waals surface area contributed by atoms with Crippen LogP contribution >= 0.6 is 0 Å². The van der Waals surface area contributed by atoms with Crippen LogP contribution in [0.4, 0.5) is 0 Å². The summed E-state index contributed by atoms with van der Waals surface area (Å²) >= 11 is 0. The molecule has 0 aliphatic carbocycles. The molecule has 2 aliphatic rings. The van der Waals surface area contributed by atoms with E-state index in [0.29, 0.717) is 0 Å². The number of ketones is 1. The molecule has 0 aromatic carbocycles. The Kier molecular flexibility index (Phi) is 1.56. The Morgan fingerprint density at radius 1 is 1.36 bits per heavy atom. The molecule has 0 aromatic rings. The summed E-state index contributed by atoms with van der Waals surface area (Å²) in [5, 5.41) is 0. The van der Waals surface area contributed by atoms with Gasteiger partial charge in [0.05, 0.1) is 0 Å². The summed E-state index contributed by atoms with van der Waals surface area (Å²) in [4.78, 5) is 13.2. The summed E-state index contributed by atoms with van der Waals surface area (Å²) in [5.41, 5.74) is 0.780. The van der Waals surface area contributed by atoms with Crippen LogP contribution in [0.1, 0.15) is 12.8 Å². The second kappa shape index (κ2) is 2.57. The Labute approximate surface area is 65.6 Å². The minimum Gasteiger partial charge on any atom is -0.491 e. The van der Waals surface area contributed by atoms with E-state index in [9.17, 15) is 4.79 Å². The molecule has 0 radical (unpaired) electrons. The highest BCUT2D eigenvalue weighted by Crippen LogP contribution is 2.18. The third kappa shape index (κ3) is 1.11. The number of hydrogen-bond donors (Lipinski definition) is 0. The first-order valence-corrected chi connectivity index (χ1v) is 3.98. The molecule has 3 nitrogen and oxygen atoms in total. The zero-order chi connectivity index (χ0) is 7.68. The van der Waals surface area contributed by atoms with Gasteiger partial charge in [-0.1, -0.05) is 0 Å². The standard InChI is InChI=1S/C8H11NO2/c10-8-6-11-5-7(8)9-3-1-2-4-9/h5H,1-4,6H2. The van der Waals surface area contributed by atoms with E-state index in [1.165, 1.54) is 12.8 Å². The van der Waals surface area contributed by atoms with Crippen molar-refractivity contribution in [2.75, 3.05) is 19.7 Å². The summed E-state index contributed by atoms with van der Waals surface area (Å²) in [6, 6.07) is 0. The summed E-state index contributed by atoms with van der Waals surface area (Å²) in [6.07, 6.45) is 3.99. The number of carbonyl (C=O) groups excluding carboxylic acids is 1. The highest BCUT2D eigenvalue weighted by molar-refractivity contribution is 5.97. The summed E-state index contributed by atoms with van der Waals surface area (Å²) in [5.74, 6) is 0.131. The molecule has 11 heavy (non-hydrogen) atoms. The van der Waals surface area contributed by atoms with Crippen LogP contribution in [0.2, 0.25) is 0 Å². The third-order valence-electron chi connectivity index (χ3n) is 2.14. The van der Waals surface area contributed by atoms with Gasteiger partial charge in [0, 0.05) is 13.1 Å². The number of nitrogens with zero attached hydrogens (tertiary/aromatic N) is 1. The molecule has 2 heterocycles. The Balaban J connectivity index is 2.08. The summed E-state index contributed by atoms with van der Waals surface area (Å²) in [6.45, 7) is 2.27. The maximum absolute atomic E-state index is 11.1. The third-order valence-corrected chi connectivity index (χ3v) is 2.14. The van der Waals surface area contributed by atoms with Gasteiger partial charge in [-0.2, -0.15) is 0 Å². The van der Waals surface area contributed by atoms with Gasteiger partial charge in [-0.25, -0.2) is 0 Å². The number of hydrogen-bond acceptors (Lipinski definition) is 3. The van der Waals surface area contributed by atoms with Gasteiger partial charge in [0.15, 0.2) is 6.61 Å². The molecule has 0 spiro atoms. The van der Waals surface area contributed by atoms with Crippen molar-refractivity contribution >= 4 is 5.78 Å². The Bertz CT molecular complexity index is 204. The van der Waals surface area contributed by atoms with Crippen molar-refractivity contribution in [3.63, 3.8) is 0 Å². The number of likely N-dealkylation sites (tertiary alicyclic amines) is 1. The van der Waals surface area contributed by atoms with Crippen molar-refractivity contribution in [1.82, 2.24) is 4.90 Å². The molecule has 3 heteroatoms. The smallest absolute Gasteiger partial charge is 0.219 e. The van der Waals surface area contributed by atoms with E-state index in [1.807, 2.05) is 0 Å². The molecule has 2 rings (SSSR count). The average molecular weight is 153 g/mol. The van der Waals surface area contributed by atoms with Crippen molar-refractivity contribution in [3.05, 3.63) is 12.0 Å². The van der Waals surface area contributed by atoms with Crippen LogP contribution in [-0.4, -0.2) is 30.4 Å². The zero-order valence-corrected chi connectivity index (χ0v) is 6.38. The van der Waals surface area contributed by atoms with Gasteiger partial charge in [0.1, 0.15) is 12.0 Å². The first-order valence-electron chi connectivity index (χ1n) is 3.98. The lowest BCUT2D eigenvalue weighted by atomic mass is 10.3. The van der Waals surface area contributed by atoms with Crippen molar-refractivity contribution in [1.29, 1.82) is 0 Å². The van der Waals surface area contributed by atoms with Crippen molar-refractivity contribution in [2.24, 2.45) is 0 Å². The lowest BCUT2D eigenvalue weighted by molar-refractivity contribution is -0.117. The van der Waals surface area contributed by atoms with E-state index >= 15 is 0 Å². The molecule has 0 bridgehead atoms. The topological polar surface area (TPSA) is 29.5 Å². The predicted molar refractivity (Wildman–Crippen MR) is 39.8 cm³/mol. The molecule has 60 valence electrons. The highest BCUT2D eigenvalue weighted by Gasteiger charge is 2.24. The van der Waals surface area contributed by atoms with Crippen LogP contribution in [0.15, 0.2) is 12.0 Å². The maximum atomic E-state index is 11.1. The van der Waals surface area contributed by atoms with Crippen LogP contribution in [0, 0.1) is 0 Å². The van der Waals surface area contributed by atoms with Crippen LogP contribution in [0.3, 0.4) is 0 Å². The quantitative estimate of drug-likeness (QED) is 0.550. The van der Waals surface area contributed by atoms with Gasteiger partial charge in [0.2, 0.25) is 5.78 Å². The Morgan fingerprint density at radius 3 is 2.64 bits per heavy atom. The van der Waals surface area contributed by atoms with Gasteiger partial charge in [-0.15, -0.1) is 0 Å². The van der Waals surface area contributed by atoms with Gasteiger partial charge in [-0.3, -0.25) is 4.79 Å². The monoisotopic (exact) mass is 153 g/mol. The fourth-order valence-corrected chi connectivity index (χ4v) is 1.54. The largest absolute Gasteiger partial charge is 0.491 e. The van der Waals surface area contributed by atoms with Crippen molar-refractivity contribution in [3.8, 4) is 0 Å². The second-order valence-electron chi connectivity index (χ2n) is 2.93. The lowest BCUT2D eigenvalue weighted by Gasteiger charge is -2.15. The number of ether oxygens (including phenoxy) is 1. The minimum absolute atomic E-state index is 0.131. The van der Waals surface area contributed by atoms with E-state index in [-0.39, 0.29) is 12.4 Å². The van der Waals surface area contributed by atoms with Crippen LogP contribution in [0.5, 0.6) is 0 Å². The van der Waals surface area contributed by atoms with E-state index in [0.717, 1.165) is 18.8 Å². The fraction of sp³-hybridized carbons (Fsp3) is 0.625. The SMILES string of the molecule is O=C1COC=C1N1CCCC1. The normalized spacial score (nSPS) is 23.8. The van der Waals surface area contributed by atoms with E-state index < -0.39 is 0 Å². The molecular weight excluding hydrogens is 142 g/mol. The molecule has 1 fully saturated rings. The number of Topliss-reactive ketones (excluding diaryl/α,β-unsaturated/α-hetero) is 1. The zero-order valence-electron chi connectivity index (χ0n) is 6.38. The van der Waals surface area contributed by atoms with Gasteiger partial charge in [0.25, 0.3) is 0 Å². The highest BCUT2D eigenvalue weighted by atomic mass is 16.5. The van der Waals surface area contributed by atoms with Gasteiger partial charge >= 0.3 is 0 Å². The summed E-state index contributed by atoms with van der Waals surface area (Å²) < 4.78 is 4.93. The van der Waals surface area contributed by atoms with Crippen LogP contribution < -0.4 is 0 Å². The van der Waals surface area contributed by atoms with E-state index in [1.54, 1.807) is 6.26 Å².